The molecule has 3 heteroatoms. The number of fused-ring (bicyclic) bond motifs is 15. The lowest BCUT2D eigenvalue weighted by Gasteiger charge is -2.34. The maximum atomic E-state index is 7.12. The first kappa shape index (κ1) is 52.1. The molecule has 3 nitrogen and oxygen atoms in total. The summed E-state index contributed by atoms with van der Waals surface area (Å²) in [6, 6.07) is 95.8. The third kappa shape index (κ3) is 8.46. The van der Waals surface area contributed by atoms with E-state index in [2.05, 4.69) is 320 Å². The third-order valence-electron chi connectivity index (χ3n) is 18.5. The van der Waals surface area contributed by atoms with Crippen molar-refractivity contribution < 1.29 is 4.42 Å². The van der Waals surface area contributed by atoms with Gasteiger partial charge in [0.15, 0.2) is 0 Å². The minimum absolute atomic E-state index is 0.00483. The van der Waals surface area contributed by atoms with Gasteiger partial charge in [0.05, 0.1) is 5.41 Å². The van der Waals surface area contributed by atoms with Crippen LogP contribution in [-0.2, 0) is 22.8 Å². The van der Waals surface area contributed by atoms with Gasteiger partial charge in [-0.3, -0.25) is 0 Å². The van der Waals surface area contributed by atoms with Gasteiger partial charge in [0.25, 0.3) is 0 Å². The summed E-state index contributed by atoms with van der Waals surface area (Å²) in [5, 5.41) is 4.65. The maximum absolute atomic E-state index is 7.12. The van der Waals surface area contributed by atoms with Gasteiger partial charge in [-0.05, 0) is 215 Å². The van der Waals surface area contributed by atoms with Crippen LogP contribution in [0.5, 0.6) is 0 Å². The summed E-state index contributed by atoms with van der Waals surface area (Å²) in [6.07, 6.45) is 0. The summed E-state index contributed by atoms with van der Waals surface area (Å²) >= 11 is 0. The second-order valence-electron chi connectivity index (χ2n) is 25.8. The van der Waals surface area contributed by atoms with Gasteiger partial charge in [-0.2, -0.15) is 0 Å². The van der Waals surface area contributed by atoms with E-state index in [0.717, 1.165) is 50.4 Å². The first-order valence-corrected chi connectivity index (χ1v) is 30.1. The van der Waals surface area contributed by atoms with E-state index < -0.39 is 5.41 Å². The topological polar surface area (TPSA) is 19.6 Å². The van der Waals surface area contributed by atoms with Crippen LogP contribution in [0.4, 0.5) is 28.4 Å². The van der Waals surface area contributed by atoms with Crippen molar-refractivity contribution in [2.24, 2.45) is 0 Å². The number of anilines is 5. The normalized spacial score (nSPS) is 13.1. The molecule has 0 bridgehead atoms. The molecule has 1 spiro atoms. The molecule has 85 heavy (non-hydrogen) atoms. The molecular formula is C82H68N2O. The van der Waals surface area contributed by atoms with Crippen LogP contribution in [0, 0.1) is 13.8 Å². The van der Waals surface area contributed by atoms with E-state index in [9.17, 15) is 0 Å². The second-order valence-corrected chi connectivity index (χ2v) is 25.8. The van der Waals surface area contributed by atoms with Gasteiger partial charge in [0.1, 0.15) is 11.2 Å². The van der Waals surface area contributed by atoms with Gasteiger partial charge in [0, 0.05) is 45.8 Å². The Balaban J connectivity index is 1.00. The Morgan fingerprint density at radius 2 is 0.882 bits per heavy atom. The number of nitrogens with zero attached hydrogens (tertiary/aromatic N) is 2. The molecule has 15 rings (SSSR count). The van der Waals surface area contributed by atoms with Crippen molar-refractivity contribution in [1.29, 1.82) is 0 Å². The van der Waals surface area contributed by atoms with Crippen molar-refractivity contribution >= 4 is 61.1 Å². The van der Waals surface area contributed by atoms with Crippen molar-refractivity contribution in [2.75, 3.05) is 9.80 Å². The largest absolute Gasteiger partial charge is 0.456 e. The zero-order valence-electron chi connectivity index (χ0n) is 49.8. The molecule has 0 amide bonds. The van der Waals surface area contributed by atoms with E-state index in [-0.39, 0.29) is 10.8 Å². The van der Waals surface area contributed by atoms with Crippen molar-refractivity contribution in [3.8, 4) is 44.5 Å². The monoisotopic (exact) mass is 1100 g/mol. The van der Waals surface area contributed by atoms with Crippen LogP contribution in [-0.4, -0.2) is 0 Å². The van der Waals surface area contributed by atoms with Crippen LogP contribution in [0.15, 0.2) is 259 Å². The Morgan fingerprint density at radius 1 is 0.376 bits per heavy atom. The first-order chi connectivity index (χ1) is 41.2. The molecule has 0 aliphatic heterocycles. The lowest BCUT2D eigenvalue weighted by Crippen LogP contribution is -2.29. The number of furan rings is 1. The average molecular weight is 1100 g/mol. The smallest absolute Gasteiger partial charge is 0.136 e. The van der Waals surface area contributed by atoms with Crippen LogP contribution in [0.1, 0.15) is 91.6 Å². The highest BCUT2D eigenvalue weighted by Crippen LogP contribution is 2.66. The molecule has 2 aliphatic rings. The predicted molar refractivity (Wildman–Crippen MR) is 359 cm³/mol. The number of hydrogen-bond acceptors (Lipinski definition) is 3. The van der Waals surface area contributed by atoms with Crippen molar-refractivity contribution in [3.05, 3.63) is 305 Å². The van der Waals surface area contributed by atoms with Gasteiger partial charge >= 0.3 is 0 Å². The number of benzene rings is 12. The van der Waals surface area contributed by atoms with Crippen LogP contribution in [0.25, 0.3) is 77.2 Å². The average Bonchev–Trinajstić information content (AvgIpc) is 1.55. The van der Waals surface area contributed by atoms with E-state index in [1.807, 2.05) is 0 Å². The zero-order chi connectivity index (χ0) is 57.9. The van der Waals surface area contributed by atoms with E-state index in [1.165, 1.54) is 105 Å². The second kappa shape index (κ2) is 19.7. The fourth-order valence-corrected chi connectivity index (χ4v) is 14.2. The molecule has 0 N–H and O–H groups in total. The van der Waals surface area contributed by atoms with E-state index >= 15 is 0 Å². The molecular weight excluding hydrogens is 1030 g/mol. The maximum Gasteiger partial charge on any atom is 0.136 e. The SMILES string of the molecule is Cc1ccc(N(Cc2cc3oc4ccccc4c3c3c2C2(c4ccccc4-c4ccccc42)c2cc4cc(N(c5ccc(C(C)(C)C)cc5)c5ccc(C)c(-c6ccccc6)c5)ccc4cc2-3)c2ccc(C(C)(C)C)cc2)cc1-c1ccccc1. The zero-order valence-corrected chi connectivity index (χ0v) is 49.8. The minimum Gasteiger partial charge on any atom is -0.456 e. The first-order valence-electron chi connectivity index (χ1n) is 30.1. The number of hydrogen-bond donors (Lipinski definition) is 0. The molecule has 12 aromatic carbocycles. The highest BCUT2D eigenvalue weighted by Gasteiger charge is 2.54. The Hall–Kier alpha value is -9.70. The highest BCUT2D eigenvalue weighted by molar-refractivity contribution is 6.18. The summed E-state index contributed by atoms with van der Waals surface area (Å²) in [4.78, 5) is 5.00. The summed E-state index contributed by atoms with van der Waals surface area (Å²) in [6.45, 7) is 18.8. The molecule has 1 heterocycles. The molecule has 0 radical (unpaired) electrons. The Labute approximate surface area is 500 Å². The quantitative estimate of drug-likeness (QED) is 0.144. The Morgan fingerprint density at radius 3 is 1.49 bits per heavy atom. The molecule has 13 aromatic rings. The molecule has 2 aliphatic carbocycles. The summed E-state index contributed by atoms with van der Waals surface area (Å²) in [5.74, 6) is 0. The summed E-state index contributed by atoms with van der Waals surface area (Å²) in [5.41, 5.74) is 28.1. The lowest BCUT2D eigenvalue weighted by molar-refractivity contribution is 0.590. The fraction of sp³-hybridized carbons (Fsp3) is 0.146. The van der Waals surface area contributed by atoms with E-state index in [1.54, 1.807) is 0 Å². The molecule has 1 aromatic heterocycles. The molecule has 0 fully saturated rings. The molecule has 0 saturated heterocycles. The van der Waals surface area contributed by atoms with E-state index in [0.29, 0.717) is 6.54 Å². The van der Waals surface area contributed by atoms with Crippen LogP contribution < -0.4 is 9.80 Å². The molecule has 0 unspecified atom stereocenters. The third-order valence-corrected chi connectivity index (χ3v) is 18.5. The predicted octanol–water partition coefficient (Wildman–Crippen LogP) is 22.4. The van der Waals surface area contributed by atoms with E-state index in [4.69, 9.17) is 4.42 Å². The number of rotatable bonds is 9. The van der Waals surface area contributed by atoms with Crippen molar-refractivity contribution in [2.45, 2.75) is 78.2 Å². The van der Waals surface area contributed by atoms with Gasteiger partial charge in [-0.1, -0.05) is 211 Å². The van der Waals surface area contributed by atoms with Crippen LogP contribution in [0.2, 0.25) is 0 Å². The minimum atomic E-state index is -0.696. The molecule has 0 saturated carbocycles. The van der Waals surface area contributed by atoms with Crippen LogP contribution in [0.3, 0.4) is 0 Å². The molecule has 0 atom stereocenters. The molecule has 412 valence electrons. The summed E-state index contributed by atoms with van der Waals surface area (Å²) < 4.78 is 7.12. The van der Waals surface area contributed by atoms with Crippen molar-refractivity contribution in [1.82, 2.24) is 0 Å². The van der Waals surface area contributed by atoms with Gasteiger partial charge in [0.2, 0.25) is 0 Å². The Kier molecular flexibility index (Phi) is 12.1. The summed E-state index contributed by atoms with van der Waals surface area (Å²) in [7, 11) is 0. The number of para-hydroxylation sites is 1. The standard InChI is InChI=1S/C82H68N2O/c1-52-31-38-63(49-69(52)54-21-11-9-12-22-54)83(61-41-34-59(35-42-61)80(3,4)5)51-58-48-76-77(68-27-17-20-30-75(68)85-76)78-71-46-56-33-40-64(45-57(56)47-74(71)82(79(58)78)72-28-18-15-25-66(72)67-26-16-19-29-73(67)82)84(62-43-36-60(37-44-62)81(6,7)8)65-39-32-53(2)70(50-65)55-23-13-10-14-24-55/h9-50H,51H2,1-8H3. The lowest BCUT2D eigenvalue weighted by atomic mass is 9.69. The Bertz CT molecular complexity index is 4720. The van der Waals surface area contributed by atoms with Gasteiger partial charge in [-0.25, -0.2) is 0 Å². The van der Waals surface area contributed by atoms with Crippen molar-refractivity contribution in [3.63, 3.8) is 0 Å². The van der Waals surface area contributed by atoms with Gasteiger partial charge in [-0.15, -0.1) is 0 Å². The fourth-order valence-electron chi connectivity index (χ4n) is 14.2. The van der Waals surface area contributed by atoms with Crippen LogP contribution >= 0.6 is 0 Å². The number of aryl methyl sites for hydroxylation is 2. The highest BCUT2D eigenvalue weighted by atomic mass is 16.3. The van der Waals surface area contributed by atoms with Gasteiger partial charge < -0.3 is 14.2 Å².